The molecule has 0 aliphatic heterocycles. The van der Waals surface area contributed by atoms with Crippen LogP contribution in [0.5, 0.6) is 0 Å². The van der Waals surface area contributed by atoms with Crippen LogP contribution in [-0.4, -0.2) is 28.2 Å². The van der Waals surface area contributed by atoms with Crippen LogP contribution in [0.15, 0.2) is 47.4 Å². The number of carbonyl (C=O) groups excluding carboxylic acids is 1. The summed E-state index contributed by atoms with van der Waals surface area (Å²) in [6, 6.07) is 11.7. The summed E-state index contributed by atoms with van der Waals surface area (Å²) >= 11 is 0. The predicted molar refractivity (Wildman–Crippen MR) is 94.0 cm³/mol. The molecule has 0 saturated carbocycles. The number of Topliss-reactive ketones (excluding diaryl/α,β-unsaturated/α-hetero) is 1. The topological polar surface area (TPSA) is 80.5 Å². The van der Waals surface area contributed by atoms with Crippen molar-refractivity contribution in [3.63, 3.8) is 0 Å². The number of nitro benzene ring substituents is 1. The molecule has 0 N–H and O–H groups in total. The van der Waals surface area contributed by atoms with E-state index in [9.17, 15) is 19.1 Å². The summed E-state index contributed by atoms with van der Waals surface area (Å²) in [5.74, 6) is -0.213. The Hall–Kier alpha value is -2.54. The van der Waals surface area contributed by atoms with Crippen LogP contribution < -0.4 is 4.90 Å². The normalized spacial score (nSPS) is 11.8. The van der Waals surface area contributed by atoms with E-state index in [0.717, 1.165) is 10.5 Å². The van der Waals surface area contributed by atoms with Gasteiger partial charge >= 0.3 is 0 Å². The number of hydrogen-bond donors (Lipinski definition) is 0. The minimum Gasteiger partial charge on any atom is -0.365 e. The van der Waals surface area contributed by atoms with Gasteiger partial charge in [-0.3, -0.25) is 19.1 Å². The molecule has 0 amide bonds. The second-order valence-electron chi connectivity index (χ2n) is 5.47. The average molecular weight is 346 g/mol. The number of hydrogen-bond acceptors (Lipinski definition) is 5. The van der Waals surface area contributed by atoms with Crippen LogP contribution in [0.1, 0.15) is 22.8 Å². The number of anilines is 1. The second-order valence-corrected chi connectivity index (χ2v) is 6.85. The Morgan fingerprint density at radius 3 is 2.33 bits per heavy atom. The third kappa shape index (κ3) is 4.05. The van der Waals surface area contributed by atoms with Crippen LogP contribution in [0.3, 0.4) is 0 Å². The molecule has 0 saturated heterocycles. The molecular weight excluding hydrogens is 328 g/mol. The monoisotopic (exact) mass is 346 g/mol. The van der Waals surface area contributed by atoms with Gasteiger partial charge in [0.15, 0.2) is 5.78 Å². The fourth-order valence-corrected chi connectivity index (χ4v) is 2.88. The van der Waals surface area contributed by atoms with Crippen molar-refractivity contribution in [3.05, 3.63) is 63.7 Å². The molecule has 2 aromatic rings. The molecule has 0 fully saturated rings. The Kier molecular flexibility index (Phi) is 5.46. The highest BCUT2D eigenvalue weighted by Gasteiger charge is 2.19. The zero-order valence-electron chi connectivity index (χ0n) is 13.7. The summed E-state index contributed by atoms with van der Waals surface area (Å²) in [4.78, 5) is 24.7. The highest BCUT2D eigenvalue weighted by atomic mass is 32.2. The van der Waals surface area contributed by atoms with Crippen molar-refractivity contribution in [1.29, 1.82) is 0 Å². The van der Waals surface area contributed by atoms with Gasteiger partial charge in [-0.25, -0.2) is 0 Å². The molecule has 0 aliphatic carbocycles. The molecule has 7 heteroatoms. The molecule has 0 aromatic heterocycles. The molecule has 0 unspecified atom stereocenters. The summed E-state index contributed by atoms with van der Waals surface area (Å²) in [7, 11) is 0.714. The molecule has 0 spiro atoms. The summed E-state index contributed by atoms with van der Waals surface area (Å²) in [5.41, 5.74) is 1.59. The molecule has 1 atom stereocenters. The molecule has 0 radical (unpaired) electrons. The molecular formula is C17H18N2O4S. The molecule has 24 heavy (non-hydrogen) atoms. The van der Waals surface area contributed by atoms with Crippen LogP contribution in [0.2, 0.25) is 0 Å². The Balaban J connectivity index is 2.28. The fraction of sp³-hybridized carbons (Fsp3) is 0.235. The number of rotatable bonds is 6. The Morgan fingerprint density at radius 2 is 1.83 bits per heavy atom. The lowest BCUT2D eigenvalue weighted by Crippen LogP contribution is -2.18. The highest BCUT2D eigenvalue weighted by Crippen LogP contribution is 2.29. The molecule has 0 bridgehead atoms. The maximum atomic E-state index is 11.4. The number of ketones is 1. The first kappa shape index (κ1) is 17.8. The Labute approximate surface area is 142 Å². The Morgan fingerprint density at radius 1 is 1.21 bits per heavy atom. The zero-order valence-corrected chi connectivity index (χ0v) is 14.5. The molecule has 0 heterocycles. The average Bonchev–Trinajstić information content (AvgIpc) is 2.54. The van der Waals surface area contributed by atoms with E-state index in [-0.39, 0.29) is 11.5 Å². The Bertz CT molecular complexity index is 803. The summed E-state index contributed by atoms with van der Waals surface area (Å²) in [6.45, 7) is 1.83. The van der Waals surface area contributed by atoms with Crippen molar-refractivity contribution in [2.45, 2.75) is 18.4 Å². The van der Waals surface area contributed by atoms with Crippen molar-refractivity contribution in [1.82, 2.24) is 0 Å². The summed E-state index contributed by atoms with van der Waals surface area (Å²) in [6.07, 6.45) is 1.61. The third-order valence-corrected chi connectivity index (χ3v) is 4.60. The minimum absolute atomic E-state index is 0.100. The lowest BCUT2D eigenvalue weighted by molar-refractivity contribution is -0.384. The van der Waals surface area contributed by atoms with Gasteiger partial charge in [0, 0.05) is 47.2 Å². The van der Waals surface area contributed by atoms with Crippen molar-refractivity contribution in [2.24, 2.45) is 0 Å². The van der Waals surface area contributed by atoms with Crippen LogP contribution in [0, 0.1) is 10.1 Å². The smallest absolute Gasteiger partial charge is 0.293 e. The second kappa shape index (κ2) is 7.35. The van der Waals surface area contributed by atoms with Gasteiger partial charge in [-0.15, -0.1) is 0 Å². The maximum Gasteiger partial charge on any atom is 0.293 e. The van der Waals surface area contributed by atoms with E-state index in [4.69, 9.17) is 0 Å². The first-order valence-corrected chi connectivity index (χ1v) is 8.78. The lowest BCUT2D eigenvalue weighted by Gasteiger charge is -2.19. The number of carbonyl (C=O) groups is 1. The molecule has 2 aromatic carbocycles. The summed E-state index contributed by atoms with van der Waals surface area (Å²) in [5, 5.41) is 11.3. The van der Waals surface area contributed by atoms with E-state index in [1.165, 1.54) is 13.0 Å². The fourth-order valence-electron chi connectivity index (χ4n) is 2.36. The van der Waals surface area contributed by atoms with Gasteiger partial charge < -0.3 is 4.90 Å². The van der Waals surface area contributed by atoms with E-state index in [1.807, 2.05) is 12.1 Å². The van der Waals surface area contributed by atoms with Gasteiger partial charge in [-0.05, 0) is 36.8 Å². The van der Waals surface area contributed by atoms with Gasteiger partial charge in [0.1, 0.15) is 5.69 Å². The molecule has 126 valence electrons. The van der Waals surface area contributed by atoms with Crippen LogP contribution in [-0.2, 0) is 17.3 Å². The predicted octanol–water partition coefficient (Wildman–Crippen LogP) is 3.17. The van der Waals surface area contributed by atoms with E-state index in [0.29, 0.717) is 17.8 Å². The van der Waals surface area contributed by atoms with Crippen molar-refractivity contribution >= 4 is 28.0 Å². The summed E-state index contributed by atoms with van der Waals surface area (Å²) < 4.78 is 11.4. The SMILES string of the molecule is CC(=O)c1ccc(N(C)Cc2ccc([S@](C)=O)cc2)c([N+](=O)[O-])c1. The van der Waals surface area contributed by atoms with Crippen LogP contribution in [0.4, 0.5) is 11.4 Å². The van der Waals surface area contributed by atoms with Crippen LogP contribution >= 0.6 is 0 Å². The van der Waals surface area contributed by atoms with Gasteiger partial charge in [-0.2, -0.15) is 0 Å². The van der Waals surface area contributed by atoms with E-state index in [2.05, 4.69) is 0 Å². The minimum atomic E-state index is -1.04. The lowest BCUT2D eigenvalue weighted by atomic mass is 10.1. The quantitative estimate of drug-likeness (QED) is 0.456. The third-order valence-electron chi connectivity index (χ3n) is 3.66. The van der Waals surface area contributed by atoms with E-state index >= 15 is 0 Å². The van der Waals surface area contributed by atoms with Gasteiger partial charge in [-0.1, -0.05) is 12.1 Å². The number of benzene rings is 2. The molecule has 6 nitrogen and oxygen atoms in total. The number of nitro groups is 1. The molecule has 2 rings (SSSR count). The van der Waals surface area contributed by atoms with E-state index < -0.39 is 15.7 Å². The largest absolute Gasteiger partial charge is 0.365 e. The van der Waals surface area contributed by atoms with E-state index in [1.54, 1.807) is 42.5 Å². The number of nitrogens with zero attached hydrogens (tertiary/aromatic N) is 2. The van der Waals surface area contributed by atoms with Gasteiger partial charge in [0.25, 0.3) is 5.69 Å². The van der Waals surface area contributed by atoms with Crippen molar-refractivity contribution in [3.8, 4) is 0 Å². The van der Waals surface area contributed by atoms with Crippen molar-refractivity contribution < 1.29 is 13.9 Å². The standard InChI is InChI=1S/C17H18N2O4S/c1-12(20)14-6-9-16(17(10-14)19(21)22)18(2)11-13-4-7-15(8-5-13)24(3)23/h4-10H,11H2,1-3H3/t24-/m0/s1. The van der Waals surface area contributed by atoms with Crippen molar-refractivity contribution in [2.75, 3.05) is 18.2 Å². The van der Waals surface area contributed by atoms with Crippen LogP contribution in [0.25, 0.3) is 0 Å². The first-order chi connectivity index (χ1) is 11.3. The molecule has 0 aliphatic rings. The van der Waals surface area contributed by atoms with Gasteiger partial charge in [0.05, 0.1) is 4.92 Å². The maximum absolute atomic E-state index is 11.4. The first-order valence-electron chi connectivity index (χ1n) is 7.22. The van der Waals surface area contributed by atoms with Gasteiger partial charge in [0.2, 0.25) is 0 Å². The highest BCUT2D eigenvalue weighted by molar-refractivity contribution is 7.84. The zero-order chi connectivity index (χ0) is 17.9.